The van der Waals surface area contributed by atoms with E-state index in [1.165, 1.54) is 11.3 Å². The fraction of sp³-hybridized carbons (Fsp3) is 0.433. The molecule has 1 aromatic carbocycles. The predicted octanol–water partition coefficient (Wildman–Crippen LogP) is 5.16. The number of carbonyl (C=O) groups excluding carboxylic acids is 3. The number of piperazine rings is 1. The van der Waals surface area contributed by atoms with E-state index in [0.717, 1.165) is 28.8 Å². The molecule has 1 aliphatic carbocycles. The maximum Gasteiger partial charge on any atom is 0.246 e. The molecular weight excluding hydrogens is 566 g/mol. The zero-order valence-electron chi connectivity index (χ0n) is 22.5. The molecule has 0 radical (unpaired) electrons. The molecule has 2 aliphatic heterocycles. The van der Waals surface area contributed by atoms with Gasteiger partial charge in [-0.15, -0.1) is 22.7 Å². The van der Waals surface area contributed by atoms with Gasteiger partial charge in [-0.25, -0.2) is 0 Å². The number of amides is 2. The molecule has 3 aromatic rings. The van der Waals surface area contributed by atoms with Gasteiger partial charge in [0.1, 0.15) is 11.8 Å². The molecule has 4 unspecified atom stereocenters. The van der Waals surface area contributed by atoms with Crippen molar-refractivity contribution in [3.63, 3.8) is 0 Å². The van der Waals surface area contributed by atoms with Gasteiger partial charge in [0, 0.05) is 42.9 Å². The fourth-order valence-corrected chi connectivity index (χ4v) is 8.31. The summed E-state index contributed by atoms with van der Waals surface area (Å²) in [5.41, 5.74) is 1.84. The van der Waals surface area contributed by atoms with Gasteiger partial charge in [0.25, 0.3) is 0 Å². The topological polar surface area (TPSA) is 79.0 Å². The molecule has 2 aromatic heterocycles. The van der Waals surface area contributed by atoms with Crippen molar-refractivity contribution in [3.05, 3.63) is 73.1 Å². The van der Waals surface area contributed by atoms with E-state index < -0.39 is 23.9 Å². The Labute approximate surface area is 247 Å². The highest BCUT2D eigenvalue weighted by Gasteiger charge is 2.60. The highest BCUT2D eigenvalue weighted by molar-refractivity contribution is 7.18. The number of carbonyl (C=O) groups is 3. The number of hydrogen-bond donors (Lipinski definition) is 1. The van der Waals surface area contributed by atoms with E-state index in [4.69, 9.17) is 16.3 Å². The summed E-state index contributed by atoms with van der Waals surface area (Å²) >= 11 is 9.09. The standard InChI is InChI=1S/C30H32ClN3O4S2/c1-17-10-15-39-28(17)25-24(27(35)21-8-9-22(31)40-21)23(19-4-3-5-20(16-19)38-2)26(34(25)29(36)18-6-7-18)30(37)33-13-11-32-12-14-33/h3-5,8-10,15-16,18,23-26,32H,6-7,11-14H2,1-2H3. The van der Waals surface area contributed by atoms with Gasteiger partial charge in [-0.3, -0.25) is 14.4 Å². The molecule has 1 N–H and O–H groups in total. The molecule has 0 bridgehead atoms. The van der Waals surface area contributed by atoms with E-state index >= 15 is 0 Å². The van der Waals surface area contributed by atoms with Crippen LogP contribution in [0, 0.1) is 18.8 Å². The molecule has 4 heterocycles. The first-order valence-corrected chi connectivity index (χ1v) is 15.8. The van der Waals surface area contributed by atoms with Crippen LogP contribution in [0.4, 0.5) is 0 Å². The average Bonchev–Trinajstić information content (AvgIpc) is 3.45. The van der Waals surface area contributed by atoms with Gasteiger partial charge in [0.15, 0.2) is 5.78 Å². The van der Waals surface area contributed by atoms with Gasteiger partial charge < -0.3 is 19.9 Å². The number of ketones is 1. The molecule has 4 atom stereocenters. The summed E-state index contributed by atoms with van der Waals surface area (Å²) in [6.07, 6.45) is 1.62. The summed E-state index contributed by atoms with van der Waals surface area (Å²) in [6.45, 7) is 4.53. The van der Waals surface area contributed by atoms with Gasteiger partial charge in [-0.2, -0.15) is 0 Å². The molecule has 6 rings (SSSR count). The molecule has 3 aliphatic rings. The lowest BCUT2D eigenvalue weighted by Gasteiger charge is -2.36. The Morgan fingerprint density at radius 2 is 1.82 bits per heavy atom. The number of ether oxygens (including phenoxy) is 1. The molecule has 2 amide bonds. The second-order valence-corrected chi connectivity index (χ2v) is 13.4. The molecular formula is C30H32ClN3O4S2. The fourth-order valence-electron chi connectivity index (χ4n) is 6.20. The van der Waals surface area contributed by atoms with Crippen molar-refractivity contribution in [2.24, 2.45) is 11.8 Å². The van der Waals surface area contributed by atoms with Gasteiger partial charge in [0.2, 0.25) is 11.8 Å². The molecule has 7 nitrogen and oxygen atoms in total. The third-order valence-corrected chi connectivity index (χ3v) is 10.6. The zero-order chi connectivity index (χ0) is 28.0. The first kappa shape index (κ1) is 27.4. The van der Waals surface area contributed by atoms with Crippen LogP contribution >= 0.6 is 34.3 Å². The zero-order valence-corrected chi connectivity index (χ0v) is 24.9. The van der Waals surface area contributed by atoms with Crippen molar-refractivity contribution < 1.29 is 19.1 Å². The van der Waals surface area contributed by atoms with Crippen LogP contribution in [0.2, 0.25) is 4.34 Å². The van der Waals surface area contributed by atoms with Crippen molar-refractivity contribution in [2.75, 3.05) is 33.3 Å². The van der Waals surface area contributed by atoms with E-state index in [-0.39, 0.29) is 23.5 Å². The summed E-state index contributed by atoms with van der Waals surface area (Å²) in [5, 5.41) is 5.32. The Morgan fingerprint density at radius 3 is 2.45 bits per heavy atom. The normalized spacial score (nSPS) is 24.8. The first-order valence-electron chi connectivity index (χ1n) is 13.7. The van der Waals surface area contributed by atoms with E-state index in [9.17, 15) is 14.4 Å². The number of rotatable bonds is 7. The van der Waals surface area contributed by atoms with Crippen LogP contribution in [0.1, 0.15) is 50.5 Å². The lowest BCUT2D eigenvalue weighted by Crippen LogP contribution is -2.55. The number of methoxy groups -OCH3 is 1. The molecule has 2 saturated heterocycles. The predicted molar refractivity (Wildman–Crippen MR) is 157 cm³/mol. The molecule has 1 saturated carbocycles. The number of nitrogens with one attached hydrogen (secondary N) is 1. The Bertz CT molecular complexity index is 1430. The molecule has 40 heavy (non-hydrogen) atoms. The summed E-state index contributed by atoms with van der Waals surface area (Å²) in [4.78, 5) is 48.5. The lowest BCUT2D eigenvalue weighted by molar-refractivity contribution is -0.147. The maximum atomic E-state index is 14.6. The SMILES string of the molecule is COc1cccc(C2C(C(=O)c3ccc(Cl)s3)C(c3sccc3C)N(C(=O)C3CC3)C2C(=O)N2CCNCC2)c1. The van der Waals surface area contributed by atoms with Gasteiger partial charge in [0.05, 0.1) is 28.3 Å². The van der Waals surface area contributed by atoms with E-state index in [1.54, 1.807) is 30.6 Å². The van der Waals surface area contributed by atoms with Crippen molar-refractivity contribution in [1.82, 2.24) is 15.1 Å². The van der Waals surface area contributed by atoms with Crippen LogP contribution in [0.3, 0.4) is 0 Å². The number of Topliss-reactive ketones (excluding diaryl/α,β-unsaturated/α-hetero) is 1. The summed E-state index contributed by atoms with van der Waals surface area (Å²) in [6, 6.07) is 11.8. The van der Waals surface area contributed by atoms with Crippen LogP contribution < -0.4 is 10.1 Å². The highest BCUT2D eigenvalue weighted by Crippen LogP contribution is 2.55. The second-order valence-electron chi connectivity index (χ2n) is 10.7. The molecule has 0 spiro atoms. The average molecular weight is 598 g/mol. The van der Waals surface area contributed by atoms with Crippen LogP contribution in [-0.4, -0.2) is 66.7 Å². The maximum absolute atomic E-state index is 14.6. The Balaban J connectivity index is 1.58. The van der Waals surface area contributed by atoms with Crippen LogP contribution in [-0.2, 0) is 9.59 Å². The summed E-state index contributed by atoms with van der Waals surface area (Å²) < 4.78 is 6.10. The number of hydrogen-bond acceptors (Lipinski definition) is 7. The van der Waals surface area contributed by atoms with Gasteiger partial charge >= 0.3 is 0 Å². The van der Waals surface area contributed by atoms with Crippen LogP contribution in [0.5, 0.6) is 5.75 Å². The molecule has 3 fully saturated rings. The largest absolute Gasteiger partial charge is 0.497 e. The Morgan fingerprint density at radius 1 is 1.05 bits per heavy atom. The van der Waals surface area contributed by atoms with E-state index in [1.807, 2.05) is 52.4 Å². The third-order valence-electron chi connectivity index (χ3n) is 8.30. The second kappa shape index (κ2) is 11.3. The number of likely N-dealkylation sites (tertiary alicyclic amines) is 1. The first-order chi connectivity index (χ1) is 19.4. The molecule has 10 heteroatoms. The summed E-state index contributed by atoms with van der Waals surface area (Å²) in [7, 11) is 1.61. The van der Waals surface area contributed by atoms with Crippen LogP contribution in [0.25, 0.3) is 0 Å². The Hall–Kier alpha value is -2.72. The van der Waals surface area contributed by atoms with E-state index in [2.05, 4.69) is 5.32 Å². The minimum absolute atomic E-state index is 0.0290. The minimum Gasteiger partial charge on any atom is -0.497 e. The Kier molecular flexibility index (Phi) is 7.74. The number of halogens is 1. The summed E-state index contributed by atoms with van der Waals surface area (Å²) in [5.74, 6) is -0.907. The smallest absolute Gasteiger partial charge is 0.246 e. The highest BCUT2D eigenvalue weighted by atomic mass is 35.5. The number of nitrogens with zero attached hydrogens (tertiary/aromatic N) is 2. The minimum atomic E-state index is -0.811. The number of aryl methyl sites for hydroxylation is 1. The number of benzene rings is 1. The van der Waals surface area contributed by atoms with Crippen molar-refractivity contribution in [1.29, 1.82) is 0 Å². The lowest BCUT2D eigenvalue weighted by atomic mass is 9.77. The van der Waals surface area contributed by atoms with Crippen molar-refractivity contribution in [2.45, 2.75) is 37.8 Å². The quantitative estimate of drug-likeness (QED) is 0.381. The van der Waals surface area contributed by atoms with Crippen molar-refractivity contribution >= 4 is 51.9 Å². The van der Waals surface area contributed by atoms with Gasteiger partial charge in [-0.1, -0.05) is 23.7 Å². The van der Waals surface area contributed by atoms with E-state index in [0.29, 0.717) is 41.1 Å². The third kappa shape index (κ3) is 4.98. The van der Waals surface area contributed by atoms with Crippen LogP contribution in [0.15, 0.2) is 47.8 Å². The molecule has 210 valence electrons. The van der Waals surface area contributed by atoms with Gasteiger partial charge in [-0.05, 0) is 66.6 Å². The number of thiophene rings is 2. The monoisotopic (exact) mass is 597 g/mol. The van der Waals surface area contributed by atoms with Crippen molar-refractivity contribution in [3.8, 4) is 5.75 Å².